The lowest BCUT2D eigenvalue weighted by Gasteiger charge is -2.02. The van der Waals surface area contributed by atoms with E-state index in [1.54, 1.807) is 25.8 Å². The van der Waals surface area contributed by atoms with Crippen molar-refractivity contribution in [2.24, 2.45) is 0 Å². The molecule has 17 heavy (non-hydrogen) atoms. The molecule has 0 amide bonds. The highest BCUT2D eigenvalue weighted by atomic mass is 32.2. The van der Waals surface area contributed by atoms with Gasteiger partial charge in [0.25, 0.3) is 0 Å². The normalized spacial score (nSPS) is 12.1. The smallest absolute Gasteiger partial charge is 0.232 e. The molecule has 0 radical (unpaired) electrons. The Morgan fingerprint density at radius 3 is 2.29 bits per heavy atom. The van der Waals surface area contributed by atoms with Gasteiger partial charge in [0, 0.05) is 27.5 Å². The molecule has 1 atom stereocenters. The van der Waals surface area contributed by atoms with Gasteiger partial charge in [-0.1, -0.05) is 12.1 Å². The SMILES string of the molecule is COc1cnc(-c2ccc(S(C)=O)cc2)cn1. The fraction of sp³-hybridized carbons (Fsp3) is 0.167. The lowest BCUT2D eigenvalue weighted by molar-refractivity contribution is 0.396. The summed E-state index contributed by atoms with van der Waals surface area (Å²) in [7, 11) is 0.596. The third kappa shape index (κ3) is 2.68. The van der Waals surface area contributed by atoms with E-state index >= 15 is 0 Å². The van der Waals surface area contributed by atoms with Gasteiger partial charge in [-0.3, -0.25) is 4.21 Å². The summed E-state index contributed by atoms with van der Waals surface area (Å²) in [5, 5.41) is 0. The van der Waals surface area contributed by atoms with Gasteiger partial charge in [0.05, 0.1) is 25.2 Å². The largest absolute Gasteiger partial charge is 0.480 e. The Morgan fingerprint density at radius 1 is 1.12 bits per heavy atom. The fourth-order valence-electron chi connectivity index (χ4n) is 1.39. The Bertz CT molecular complexity index is 523. The summed E-state index contributed by atoms with van der Waals surface area (Å²) in [4.78, 5) is 9.12. The molecule has 1 aromatic carbocycles. The molecule has 0 saturated carbocycles. The first-order valence-corrected chi connectivity index (χ1v) is 6.56. The minimum Gasteiger partial charge on any atom is -0.480 e. The quantitative estimate of drug-likeness (QED) is 0.832. The fourth-order valence-corrected chi connectivity index (χ4v) is 1.91. The number of methoxy groups -OCH3 is 1. The van der Waals surface area contributed by atoms with Crippen molar-refractivity contribution in [1.82, 2.24) is 9.97 Å². The molecule has 4 nitrogen and oxygen atoms in total. The molecule has 0 aliphatic heterocycles. The molecule has 0 aliphatic rings. The van der Waals surface area contributed by atoms with Crippen molar-refractivity contribution < 1.29 is 8.95 Å². The van der Waals surface area contributed by atoms with E-state index in [2.05, 4.69) is 9.97 Å². The van der Waals surface area contributed by atoms with Crippen LogP contribution >= 0.6 is 0 Å². The third-order valence-electron chi connectivity index (χ3n) is 2.32. The molecule has 1 unspecified atom stereocenters. The highest BCUT2D eigenvalue weighted by Gasteiger charge is 2.02. The first kappa shape index (κ1) is 11.7. The van der Waals surface area contributed by atoms with E-state index < -0.39 is 10.8 Å². The predicted octanol–water partition coefficient (Wildman–Crippen LogP) is 1.89. The number of aromatic nitrogens is 2. The monoisotopic (exact) mass is 248 g/mol. The van der Waals surface area contributed by atoms with Gasteiger partial charge < -0.3 is 4.74 Å². The van der Waals surface area contributed by atoms with Crippen LogP contribution in [0.1, 0.15) is 0 Å². The zero-order chi connectivity index (χ0) is 12.3. The topological polar surface area (TPSA) is 52.1 Å². The molecule has 2 aromatic rings. The third-order valence-corrected chi connectivity index (χ3v) is 3.26. The molecule has 88 valence electrons. The minimum absolute atomic E-state index is 0.486. The number of ether oxygens (including phenoxy) is 1. The number of rotatable bonds is 3. The van der Waals surface area contributed by atoms with Crippen LogP contribution in [0.15, 0.2) is 41.6 Å². The second-order valence-electron chi connectivity index (χ2n) is 3.42. The second-order valence-corrected chi connectivity index (χ2v) is 4.80. The van der Waals surface area contributed by atoms with E-state index in [1.807, 2.05) is 24.3 Å². The summed E-state index contributed by atoms with van der Waals surface area (Å²) in [6, 6.07) is 7.43. The first-order valence-electron chi connectivity index (χ1n) is 5.00. The maximum Gasteiger partial charge on any atom is 0.232 e. The molecule has 0 saturated heterocycles. The van der Waals surface area contributed by atoms with Crippen molar-refractivity contribution >= 4 is 10.8 Å². The number of nitrogens with zero attached hydrogens (tertiary/aromatic N) is 2. The summed E-state index contributed by atoms with van der Waals surface area (Å²) in [6.07, 6.45) is 4.88. The molecular formula is C12H12N2O2S. The molecule has 2 rings (SSSR count). The van der Waals surface area contributed by atoms with Crippen LogP contribution in [0, 0.1) is 0 Å². The Balaban J connectivity index is 2.29. The summed E-state index contributed by atoms with van der Waals surface area (Å²) in [5.41, 5.74) is 1.70. The molecule has 0 spiro atoms. The van der Waals surface area contributed by atoms with Crippen LogP contribution < -0.4 is 4.74 Å². The van der Waals surface area contributed by atoms with Crippen LogP contribution in [-0.2, 0) is 10.8 Å². The zero-order valence-corrected chi connectivity index (χ0v) is 10.4. The molecule has 0 bridgehead atoms. The maximum atomic E-state index is 11.2. The summed E-state index contributed by atoms with van der Waals surface area (Å²) < 4.78 is 16.2. The summed E-state index contributed by atoms with van der Waals surface area (Å²) in [6.45, 7) is 0. The van der Waals surface area contributed by atoms with Crippen LogP contribution in [0.3, 0.4) is 0 Å². The molecule has 0 N–H and O–H groups in total. The number of hydrogen-bond acceptors (Lipinski definition) is 4. The predicted molar refractivity (Wildman–Crippen MR) is 66.4 cm³/mol. The van der Waals surface area contributed by atoms with E-state index in [4.69, 9.17) is 4.74 Å². The van der Waals surface area contributed by atoms with Gasteiger partial charge in [-0.05, 0) is 12.1 Å². The second kappa shape index (κ2) is 5.05. The van der Waals surface area contributed by atoms with Gasteiger partial charge in [-0.25, -0.2) is 9.97 Å². The van der Waals surface area contributed by atoms with Crippen molar-refractivity contribution in [3.63, 3.8) is 0 Å². The minimum atomic E-state index is -0.955. The van der Waals surface area contributed by atoms with Crippen molar-refractivity contribution in [1.29, 1.82) is 0 Å². The van der Waals surface area contributed by atoms with E-state index in [0.717, 1.165) is 16.2 Å². The Kier molecular flexibility index (Phi) is 3.49. The van der Waals surface area contributed by atoms with Crippen molar-refractivity contribution in [2.75, 3.05) is 13.4 Å². The molecule has 0 fully saturated rings. The molecule has 5 heteroatoms. The maximum absolute atomic E-state index is 11.2. The van der Waals surface area contributed by atoms with E-state index in [0.29, 0.717) is 5.88 Å². The van der Waals surface area contributed by atoms with Gasteiger partial charge in [-0.2, -0.15) is 0 Å². The van der Waals surface area contributed by atoms with E-state index in [1.165, 1.54) is 0 Å². The van der Waals surface area contributed by atoms with E-state index in [-0.39, 0.29) is 0 Å². The lowest BCUT2D eigenvalue weighted by atomic mass is 10.2. The molecular weight excluding hydrogens is 236 g/mol. The summed E-state index contributed by atoms with van der Waals surface area (Å²) >= 11 is 0. The van der Waals surface area contributed by atoms with Gasteiger partial charge in [-0.15, -0.1) is 0 Å². The number of benzene rings is 1. The Hall–Kier alpha value is -1.75. The zero-order valence-electron chi connectivity index (χ0n) is 9.58. The highest BCUT2D eigenvalue weighted by molar-refractivity contribution is 7.84. The van der Waals surface area contributed by atoms with Crippen LogP contribution in [0.5, 0.6) is 5.88 Å². The number of hydrogen-bond donors (Lipinski definition) is 0. The van der Waals surface area contributed by atoms with Crippen molar-refractivity contribution in [3.05, 3.63) is 36.7 Å². The Labute approximate surface area is 102 Å². The van der Waals surface area contributed by atoms with E-state index in [9.17, 15) is 4.21 Å². The van der Waals surface area contributed by atoms with Gasteiger partial charge in [0.15, 0.2) is 0 Å². The molecule has 1 aromatic heterocycles. The van der Waals surface area contributed by atoms with Crippen molar-refractivity contribution in [3.8, 4) is 17.1 Å². The van der Waals surface area contributed by atoms with Crippen LogP contribution in [-0.4, -0.2) is 27.5 Å². The van der Waals surface area contributed by atoms with Crippen molar-refractivity contribution in [2.45, 2.75) is 4.90 Å². The van der Waals surface area contributed by atoms with Gasteiger partial charge in [0.2, 0.25) is 5.88 Å². The van der Waals surface area contributed by atoms with Gasteiger partial charge in [0.1, 0.15) is 0 Å². The highest BCUT2D eigenvalue weighted by Crippen LogP contribution is 2.18. The summed E-state index contributed by atoms with van der Waals surface area (Å²) in [5.74, 6) is 0.486. The average molecular weight is 248 g/mol. The lowest BCUT2D eigenvalue weighted by Crippen LogP contribution is -1.91. The van der Waals surface area contributed by atoms with Crippen LogP contribution in [0.2, 0.25) is 0 Å². The average Bonchev–Trinajstić information content (AvgIpc) is 2.39. The van der Waals surface area contributed by atoms with Crippen LogP contribution in [0.25, 0.3) is 11.3 Å². The van der Waals surface area contributed by atoms with Gasteiger partial charge >= 0.3 is 0 Å². The molecule has 1 heterocycles. The van der Waals surface area contributed by atoms with Crippen LogP contribution in [0.4, 0.5) is 0 Å². The molecule has 0 aliphatic carbocycles. The Morgan fingerprint density at radius 2 is 1.82 bits per heavy atom. The first-order chi connectivity index (χ1) is 8.20. The standard InChI is InChI=1S/C12H12N2O2S/c1-16-12-8-13-11(7-14-12)9-3-5-10(6-4-9)17(2)15/h3-8H,1-2H3.